The van der Waals surface area contributed by atoms with E-state index in [9.17, 15) is 9.59 Å². The monoisotopic (exact) mass is 270 g/mol. The van der Waals surface area contributed by atoms with Gasteiger partial charge in [-0.05, 0) is 32.6 Å². The third kappa shape index (κ3) is 3.69. The average molecular weight is 270 g/mol. The summed E-state index contributed by atoms with van der Waals surface area (Å²) >= 11 is 0. The molecule has 1 saturated heterocycles. The van der Waals surface area contributed by atoms with Gasteiger partial charge in [0.25, 0.3) is 0 Å². The molecule has 110 valence electrons. The van der Waals surface area contributed by atoms with Crippen molar-refractivity contribution in [3.8, 4) is 0 Å². The molecule has 2 N–H and O–H groups in total. The van der Waals surface area contributed by atoms with E-state index in [-0.39, 0.29) is 17.8 Å². The van der Waals surface area contributed by atoms with Crippen molar-refractivity contribution in [2.24, 2.45) is 11.7 Å². The van der Waals surface area contributed by atoms with Gasteiger partial charge >= 0.3 is 5.97 Å². The number of carbonyl (C=O) groups excluding carboxylic acids is 2. The zero-order chi connectivity index (χ0) is 14.5. The number of esters is 1. The summed E-state index contributed by atoms with van der Waals surface area (Å²) in [5.74, 6) is -0.433. The van der Waals surface area contributed by atoms with Crippen molar-refractivity contribution < 1.29 is 14.3 Å². The molecule has 0 aromatic heterocycles. The largest absolute Gasteiger partial charge is 0.466 e. The van der Waals surface area contributed by atoms with Crippen LogP contribution in [-0.4, -0.2) is 42.0 Å². The predicted molar refractivity (Wildman–Crippen MR) is 73.4 cm³/mol. The van der Waals surface area contributed by atoms with Gasteiger partial charge in [-0.15, -0.1) is 0 Å². The van der Waals surface area contributed by atoms with Gasteiger partial charge in [0.1, 0.15) is 0 Å². The van der Waals surface area contributed by atoms with Gasteiger partial charge in [0.2, 0.25) is 5.91 Å². The molecule has 1 heterocycles. The van der Waals surface area contributed by atoms with Crippen LogP contribution in [0.4, 0.5) is 0 Å². The maximum Gasteiger partial charge on any atom is 0.310 e. The summed E-state index contributed by atoms with van der Waals surface area (Å²) in [7, 11) is 0. The van der Waals surface area contributed by atoms with Gasteiger partial charge in [0.05, 0.1) is 18.1 Å². The van der Waals surface area contributed by atoms with Crippen molar-refractivity contribution in [2.45, 2.75) is 52.0 Å². The number of rotatable bonds is 5. The molecule has 0 aromatic rings. The van der Waals surface area contributed by atoms with Crippen molar-refractivity contribution in [1.82, 2.24) is 4.90 Å². The molecule has 0 radical (unpaired) electrons. The Morgan fingerprint density at radius 2 is 1.95 bits per heavy atom. The zero-order valence-electron chi connectivity index (χ0n) is 12.3. The van der Waals surface area contributed by atoms with Crippen LogP contribution in [-0.2, 0) is 14.3 Å². The Labute approximate surface area is 115 Å². The van der Waals surface area contributed by atoms with E-state index in [4.69, 9.17) is 10.5 Å². The Morgan fingerprint density at radius 1 is 1.32 bits per heavy atom. The zero-order valence-corrected chi connectivity index (χ0v) is 12.3. The summed E-state index contributed by atoms with van der Waals surface area (Å²) in [4.78, 5) is 26.0. The number of carbonyl (C=O) groups is 2. The minimum atomic E-state index is -0.795. The smallest absolute Gasteiger partial charge is 0.310 e. The van der Waals surface area contributed by atoms with Gasteiger partial charge < -0.3 is 15.4 Å². The number of nitrogens with zero attached hydrogens (tertiary/aromatic N) is 1. The number of hydrogen-bond acceptors (Lipinski definition) is 4. The van der Waals surface area contributed by atoms with Crippen molar-refractivity contribution in [3.63, 3.8) is 0 Å². The Balaban J connectivity index is 2.69. The average Bonchev–Trinajstić information content (AvgIpc) is 2.46. The number of amides is 1. The molecule has 0 bridgehead atoms. The number of hydrogen-bond donors (Lipinski definition) is 1. The van der Waals surface area contributed by atoms with Crippen LogP contribution in [0.25, 0.3) is 0 Å². The highest BCUT2D eigenvalue weighted by atomic mass is 16.5. The maximum absolute atomic E-state index is 12.5. The number of piperidine rings is 1. The number of ether oxygens (including phenoxy) is 1. The Hall–Kier alpha value is -1.10. The second kappa shape index (κ2) is 6.89. The summed E-state index contributed by atoms with van der Waals surface area (Å²) in [5, 5.41) is 0. The third-order valence-electron chi connectivity index (χ3n) is 4.02. The minimum absolute atomic E-state index is 0.0356. The molecule has 1 atom stereocenters. The molecule has 1 fully saturated rings. The van der Waals surface area contributed by atoms with E-state index in [1.807, 2.05) is 13.8 Å². The van der Waals surface area contributed by atoms with Crippen LogP contribution in [0.3, 0.4) is 0 Å². The fourth-order valence-electron chi connectivity index (χ4n) is 2.48. The molecule has 1 rings (SSSR count). The van der Waals surface area contributed by atoms with Crippen LogP contribution in [0.15, 0.2) is 0 Å². The lowest BCUT2D eigenvalue weighted by Gasteiger charge is -2.37. The molecule has 0 aromatic carbocycles. The van der Waals surface area contributed by atoms with Crippen LogP contribution in [0, 0.1) is 5.92 Å². The lowest BCUT2D eigenvalue weighted by atomic mass is 9.90. The molecule has 1 amide bonds. The third-order valence-corrected chi connectivity index (χ3v) is 4.02. The molecular formula is C14H26N2O3. The first-order chi connectivity index (χ1) is 8.98. The minimum Gasteiger partial charge on any atom is -0.466 e. The van der Waals surface area contributed by atoms with Gasteiger partial charge in [-0.2, -0.15) is 0 Å². The van der Waals surface area contributed by atoms with E-state index in [1.54, 1.807) is 11.8 Å². The van der Waals surface area contributed by atoms with Gasteiger partial charge in [-0.3, -0.25) is 9.59 Å². The van der Waals surface area contributed by atoms with E-state index in [1.165, 1.54) is 0 Å². The normalized spacial score (nSPS) is 20.2. The van der Waals surface area contributed by atoms with Crippen molar-refractivity contribution in [1.29, 1.82) is 0 Å². The molecule has 1 unspecified atom stereocenters. The maximum atomic E-state index is 12.5. The fraction of sp³-hybridized carbons (Fsp3) is 0.857. The highest BCUT2D eigenvalue weighted by Crippen LogP contribution is 2.22. The number of likely N-dealkylation sites (tertiary alicyclic amines) is 1. The molecule has 0 aliphatic carbocycles. The molecule has 1 aliphatic rings. The van der Waals surface area contributed by atoms with E-state index in [0.29, 0.717) is 32.5 Å². The first-order valence-corrected chi connectivity index (χ1v) is 7.23. The van der Waals surface area contributed by atoms with Crippen molar-refractivity contribution in [2.75, 3.05) is 19.7 Å². The Kier molecular flexibility index (Phi) is 5.79. The quantitative estimate of drug-likeness (QED) is 0.764. The van der Waals surface area contributed by atoms with Crippen LogP contribution >= 0.6 is 0 Å². The highest BCUT2D eigenvalue weighted by molar-refractivity contribution is 5.86. The molecule has 0 spiro atoms. The summed E-state index contributed by atoms with van der Waals surface area (Å²) in [6.45, 7) is 7.16. The Bertz CT molecular complexity index is 327. The SMILES string of the molecule is CCOC(=O)C1CCCN(C(=O)C(N)(CC)CC)C1. The summed E-state index contributed by atoms with van der Waals surface area (Å²) in [6.07, 6.45) is 2.85. The van der Waals surface area contributed by atoms with Crippen LogP contribution < -0.4 is 5.73 Å². The van der Waals surface area contributed by atoms with E-state index in [2.05, 4.69) is 0 Å². The fourth-order valence-corrected chi connectivity index (χ4v) is 2.48. The lowest BCUT2D eigenvalue weighted by molar-refractivity contribution is -0.152. The summed E-state index contributed by atoms with van der Waals surface area (Å²) < 4.78 is 5.04. The van der Waals surface area contributed by atoms with Gasteiger partial charge in [-0.25, -0.2) is 0 Å². The second-order valence-corrected chi connectivity index (χ2v) is 5.21. The van der Waals surface area contributed by atoms with Gasteiger partial charge in [0, 0.05) is 13.1 Å². The molecule has 0 saturated carbocycles. The molecule has 5 nitrogen and oxygen atoms in total. The van der Waals surface area contributed by atoms with Gasteiger partial charge in [0.15, 0.2) is 0 Å². The highest BCUT2D eigenvalue weighted by Gasteiger charge is 2.37. The standard InChI is InChI=1S/C14H26N2O3/c1-4-14(15,5-2)13(18)16-9-7-8-11(10-16)12(17)19-6-3/h11H,4-10,15H2,1-3H3. The first kappa shape index (κ1) is 16.0. The molecule has 1 aliphatic heterocycles. The van der Waals surface area contributed by atoms with Crippen LogP contribution in [0.5, 0.6) is 0 Å². The number of nitrogens with two attached hydrogens (primary N) is 1. The Morgan fingerprint density at radius 3 is 2.47 bits per heavy atom. The summed E-state index contributed by atoms with van der Waals surface area (Å²) in [6, 6.07) is 0. The molecule has 19 heavy (non-hydrogen) atoms. The molecule has 5 heteroatoms. The topological polar surface area (TPSA) is 72.6 Å². The predicted octanol–water partition coefficient (Wildman–Crippen LogP) is 1.31. The lowest BCUT2D eigenvalue weighted by Crippen LogP contribution is -2.57. The van der Waals surface area contributed by atoms with Crippen molar-refractivity contribution in [3.05, 3.63) is 0 Å². The van der Waals surface area contributed by atoms with E-state index in [0.717, 1.165) is 12.8 Å². The van der Waals surface area contributed by atoms with E-state index < -0.39 is 5.54 Å². The van der Waals surface area contributed by atoms with Crippen LogP contribution in [0.1, 0.15) is 46.5 Å². The van der Waals surface area contributed by atoms with Gasteiger partial charge in [-0.1, -0.05) is 13.8 Å². The summed E-state index contributed by atoms with van der Waals surface area (Å²) in [5.41, 5.74) is 5.35. The van der Waals surface area contributed by atoms with E-state index >= 15 is 0 Å². The van der Waals surface area contributed by atoms with Crippen LogP contribution in [0.2, 0.25) is 0 Å². The molecular weight excluding hydrogens is 244 g/mol. The first-order valence-electron chi connectivity index (χ1n) is 7.23. The second-order valence-electron chi connectivity index (χ2n) is 5.21. The van der Waals surface area contributed by atoms with Crippen molar-refractivity contribution >= 4 is 11.9 Å².